The number of halogens is 1. The van der Waals surface area contributed by atoms with Gasteiger partial charge in [-0.25, -0.2) is 4.79 Å². The molecule has 1 amide bonds. The number of rotatable bonds is 11. The molecule has 0 unspecified atom stereocenters. The number of carbonyl (C=O) groups excluding carboxylic acids is 2. The Hall–Kier alpha value is -2.64. The Bertz CT molecular complexity index is 857. The maximum atomic E-state index is 12.0. The predicted molar refractivity (Wildman–Crippen MR) is 127 cm³/mol. The second kappa shape index (κ2) is 13.6. The minimum absolute atomic E-state index is 0.193. The van der Waals surface area contributed by atoms with Crippen LogP contribution in [0.2, 0.25) is 5.02 Å². The van der Waals surface area contributed by atoms with Crippen molar-refractivity contribution in [1.29, 1.82) is 0 Å². The molecule has 0 aliphatic carbocycles. The Kier molecular flexibility index (Phi) is 10.8. The van der Waals surface area contributed by atoms with Crippen LogP contribution in [0.15, 0.2) is 48.5 Å². The van der Waals surface area contributed by atoms with Gasteiger partial charge in [0, 0.05) is 17.1 Å². The summed E-state index contributed by atoms with van der Waals surface area (Å²) < 4.78 is 10.8. The number of hydrogen-bond donors (Lipinski definition) is 2. The largest absolute Gasteiger partial charge is 0.494 e. The number of ether oxygens (including phenoxy) is 2. The van der Waals surface area contributed by atoms with Crippen LogP contribution in [0.5, 0.6) is 5.75 Å². The lowest BCUT2D eigenvalue weighted by Gasteiger charge is -2.10. The third-order valence-corrected chi connectivity index (χ3v) is 4.70. The van der Waals surface area contributed by atoms with Crippen molar-refractivity contribution in [2.75, 3.05) is 18.5 Å². The maximum Gasteiger partial charge on any atom is 0.338 e. The summed E-state index contributed by atoms with van der Waals surface area (Å²) in [6.45, 7) is 2.93. The van der Waals surface area contributed by atoms with Crippen LogP contribution in [-0.2, 0) is 9.53 Å². The Labute approximate surface area is 193 Å². The minimum atomic E-state index is -0.348. The highest BCUT2D eigenvalue weighted by Gasteiger charge is 2.08. The van der Waals surface area contributed by atoms with Gasteiger partial charge in [0.2, 0.25) is 5.91 Å². The maximum absolute atomic E-state index is 12.0. The summed E-state index contributed by atoms with van der Waals surface area (Å²) in [4.78, 5) is 24.0. The molecule has 166 valence electrons. The molecule has 0 saturated heterocycles. The summed E-state index contributed by atoms with van der Waals surface area (Å²) in [6, 6.07) is 13.8. The number of unbranched alkanes of at least 4 members (excludes halogenated alkanes) is 2. The zero-order valence-corrected chi connectivity index (χ0v) is 19.1. The van der Waals surface area contributed by atoms with Gasteiger partial charge in [-0.3, -0.25) is 4.79 Å². The summed E-state index contributed by atoms with van der Waals surface area (Å²) in [6.07, 6.45) is 3.80. The van der Waals surface area contributed by atoms with Gasteiger partial charge in [0.1, 0.15) is 5.75 Å². The topological polar surface area (TPSA) is 76.7 Å². The number of esters is 1. The molecule has 31 heavy (non-hydrogen) atoms. The van der Waals surface area contributed by atoms with Crippen LogP contribution in [-0.4, -0.2) is 30.2 Å². The first kappa shape index (κ1) is 24.6. The lowest BCUT2D eigenvalue weighted by Crippen LogP contribution is -2.34. The standard InChI is InChI=1S/C23H27ClN2O4S/c1-2-3-4-15-30-22(28)17-7-11-19(12-8-17)25-23(31)26-21(27)6-5-16-29-20-13-9-18(24)10-14-20/h7-14H,2-6,15-16H2,1H3,(H2,25,26,27,31). The van der Waals surface area contributed by atoms with Gasteiger partial charge < -0.3 is 20.1 Å². The minimum Gasteiger partial charge on any atom is -0.494 e. The normalized spacial score (nSPS) is 10.3. The van der Waals surface area contributed by atoms with Crippen molar-refractivity contribution in [2.45, 2.75) is 39.0 Å². The zero-order chi connectivity index (χ0) is 22.5. The van der Waals surface area contributed by atoms with E-state index in [2.05, 4.69) is 17.6 Å². The number of benzene rings is 2. The lowest BCUT2D eigenvalue weighted by molar-refractivity contribution is -0.119. The SMILES string of the molecule is CCCCCOC(=O)c1ccc(NC(=S)NC(=O)CCCOc2ccc(Cl)cc2)cc1. The summed E-state index contributed by atoms with van der Waals surface area (Å²) in [5.74, 6) is 0.152. The average molecular weight is 463 g/mol. The molecule has 0 aliphatic rings. The van der Waals surface area contributed by atoms with Crippen LogP contribution < -0.4 is 15.4 Å². The summed E-state index contributed by atoms with van der Waals surface area (Å²) >= 11 is 11.0. The van der Waals surface area contributed by atoms with Gasteiger partial charge in [-0.05, 0) is 73.6 Å². The quantitative estimate of drug-likeness (QED) is 0.266. The Balaban J connectivity index is 1.66. The third-order valence-electron chi connectivity index (χ3n) is 4.24. The van der Waals surface area contributed by atoms with E-state index in [1.165, 1.54) is 0 Å². The first-order valence-corrected chi connectivity index (χ1v) is 11.0. The van der Waals surface area contributed by atoms with Gasteiger partial charge in [0.05, 0.1) is 18.8 Å². The first-order chi connectivity index (χ1) is 15.0. The van der Waals surface area contributed by atoms with Crippen LogP contribution in [0.3, 0.4) is 0 Å². The highest BCUT2D eigenvalue weighted by Crippen LogP contribution is 2.15. The molecule has 2 aromatic carbocycles. The molecule has 0 saturated carbocycles. The fourth-order valence-corrected chi connectivity index (χ4v) is 2.95. The van der Waals surface area contributed by atoms with Gasteiger partial charge >= 0.3 is 5.97 Å². The van der Waals surface area contributed by atoms with E-state index in [0.717, 1.165) is 19.3 Å². The lowest BCUT2D eigenvalue weighted by atomic mass is 10.2. The van der Waals surface area contributed by atoms with E-state index in [9.17, 15) is 9.59 Å². The fraction of sp³-hybridized carbons (Fsp3) is 0.348. The number of anilines is 1. The van der Waals surface area contributed by atoms with Gasteiger partial charge in [0.15, 0.2) is 5.11 Å². The number of amides is 1. The van der Waals surface area contributed by atoms with Gasteiger partial charge in [-0.1, -0.05) is 31.4 Å². The number of carbonyl (C=O) groups is 2. The molecule has 2 rings (SSSR count). The Morgan fingerprint density at radius 3 is 2.35 bits per heavy atom. The molecule has 0 bridgehead atoms. The molecule has 6 nitrogen and oxygen atoms in total. The van der Waals surface area contributed by atoms with Crippen LogP contribution in [0.4, 0.5) is 5.69 Å². The van der Waals surface area contributed by atoms with Gasteiger partial charge in [-0.2, -0.15) is 0 Å². The van der Waals surface area contributed by atoms with E-state index in [1.54, 1.807) is 48.5 Å². The molecule has 0 spiro atoms. The molecule has 2 aromatic rings. The number of thiocarbonyl (C=S) groups is 1. The molecule has 0 fully saturated rings. The smallest absolute Gasteiger partial charge is 0.338 e. The number of hydrogen-bond acceptors (Lipinski definition) is 5. The average Bonchev–Trinajstić information content (AvgIpc) is 2.76. The van der Waals surface area contributed by atoms with E-state index >= 15 is 0 Å². The molecule has 0 aromatic heterocycles. The van der Waals surface area contributed by atoms with Crippen molar-refractivity contribution in [3.63, 3.8) is 0 Å². The summed E-state index contributed by atoms with van der Waals surface area (Å²) in [5, 5.41) is 6.39. The molecule has 0 aliphatic heterocycles. The monoisotopic (exact) mass is 462 g/mol. The van der Waals surface area contributed by atoms with E-state index in [-0.39, 0.29) is 23.4 Å². The second-order valence-corrected chi connectivity index (χ2v) is 7.67. The molecule has 2 N–H and O–H groups in total. The predicted octanol–water partition coefficient (Wildman–Crippen LogP) is 5.36. The zero-order valence-electron chi connectivity index (χ0n) is 17.5. The van der Waals surface area contributed by atoms with Crippen molar-refractivity contribution in [1.82, 2.24) is 5.32 Å². The second-order valence-electron chi connectivity index (χ2n) is 6.83. The van der Waals surface area contributed by atoms with Crippen molar-refractivity contribution in [2.24, 2.45) is 0 Å². The van der Waals surface area contributed by atoms with E-state index in [4.69, 9.17) is 33.3 Å². The summed E-state index contributed by atoms with van der Waals surface area (Å²) in [5.41, 5.74) is 1.14. The molecule has 0 atom stereocenters. The highest BCUT2D eigenvalue weighted by atomic mass is 35.5. The van der Waals surface area contributed by atoms with Crippen molar-refractivity contribution in [3.8, 4) is 5.75 Å². The Morgan fingerprint density at radius 2 is 1.68 bits per heavy atom. The highest BCUT2D eigenvalue weighted by molar-refractivity contribution is 7.80. The third kappa shape index (κ3) is 9.81. The van der Waals surface area contributed by atoms with Crippen molar-refractivity contribution in [3.05, 3.63) is 59.1 Å². The van der Waals surface area contributed by atoms with Crippen LogP contribution >= 0.6 is 23.8 Å². The fourth-order valence-electron chi connectivity index (χ4n) is 2.59. The van der Waals surface area contributed by atoms with Crippen LogP contribution in [0, 0.1) is 0 Å². The van der Waals surface area contributed by atoms with Crippen LogP contribution in [0.25, 0.3) is 0 Å². The van der Waals surface area contributed by atoms with E-state index in [0.29, 0.717) is 41.7 Å². The summed E-state index contributed by atoms with van der Waals surface area (Å²) in [7, 11) is 0. The van der Waals surface area contributed by atoms with E-state index in [1.807, 2.05) is 0 Å². The number of nitrogens with one attached hydrogen (secondary N) is 2. The molecule has 0 heterocycles. The Morgan fingerprint density at radius 1 is 0.968 bits per heavy atom. The molecular formula is C23H27ClN2O4S. The van der Waals surface area contributed by atoms with Gasteiger partial charge in [0.25, 0.3) is 0 Å². The van der Waals surface area contributed by atoms with Crippen LogP contribution in [0.1, 0.15) is 49.4 Å². The molecular weight excluding hydrogens is 436 g/mol. The van der Waals surface area contributed by atoms with Crippen molar-refractivity contribution >= 4 is 46.5 Å². The first-order valence-electron chi connectivity index (χ1n) is 10.2. The molecule has 8 heteroatoms. The van der Waals surface area contributed by atoms with Gasteiger partial charge in [-0.15, -0.1) is 0 Å². The van der Waals surface area contributed by atoms with E-state index < -0.39 is 0 Å². The molecule has 0 radical (unpaired) electrons. The van der Waals surface area contributed by atoms with Crippen molar-refractivity contribution < 1.29 is 19.1 Å².